The van der Waals surface area contributed by atoms with Crippen LogP contribution in [0.3, 0.4) is 0 Å². The molecule has 156 valence electrons. The molecule has 0 bridgehead atoms. The van der Waals surface area contributed by atoms with Gasteiger partial charge in [0.15, 0.2) is 0 Å². The largest absolute Gasteiger partial charge is 0.351 e. The molecule has 0 fully saturated rings. The minimum Gasteiger partial charge on any atom is -0.351 e. The van der Waals surface area contributed by atoms with Crippen LogP contribution >= 0.6 is 11.3 Å². The number of sulfonamides is 1. The van der Waals surface area contributed by atoms with Crippen LogP contribution in [-0.4, -0.2) is 41.3 Å². The minimum absolute atomic E-state index is 0.0322. The first-order chi connectivity index (χ1) is 13.9. The Morgan fingerprint density at radius 3 is 2.66 bits per heavy atom. The molecule has 2 heterocycles. The summed E-state index contributed by atoms with van der Waals surface area (Å²) in [5, 5.41) is 4.89. The molecule has 3 rings (SSSR count). The Kier molecular flexibility index (Phi) is 6.71. The van der Waals surface area contributed by atoms with E-state index in [0.29, 0.717) is 38.0 Å². The van der Waals surface area contributed by atoms with Gasteiger partial charge in [-0.3, -0.25) is 4.79 Å². The summed E-state index contributed by atoms with van der Waals surface area (Å²) in [5.41, 5.74) is 1.47. The molecule has 29 heavy (non-hydrogen) atoms. The highest BCUT2D eigenvalue weighted by atomic mass is 32.2. The van der Waals surface area contributed by atoms with E-state index >= 15 is 0 Å². The Morgan fingerprint density at radius 1 is 1.24 bits per heavy atom. The number of amides is 1. The lowest BCUT2D eigenvalue weighted by Crippen LogP contribution is -2.30. The molecule has 2 aromatic heterocycles. The zero-order valence-electron chi connectivity index (χ0n) is 16.9. The number of carbonyl (C=O) groups excluding carboxylic acids is 1. The first-order valence-corrected chi connectivity index (χ1v) is 11.9. The Hall–Kier alpha value is -2.23. The standard InChI is InChI=1S/C20H26N4O3S2/c1-4-24(5-2)29(26,27)16-8-9-18-17(13-16)22-19(23(18)3)10-11-20(25)21-14-15-7-6-12-28-15/h6-9,12-13H,4-5,10-11,14H2,1-3H3,(H,21,25). The van der Waals surface area contributed by atoms with Gasteiger partial charge in [-0.2, -0.15) is 4.31 Å². The van der Waals surface area contributed by atoms with Crippen LogP contribution in [0.15, 0.2) is 40.6 Å². The maximum absolute atomic E-state index is 12.8. The zero-order chi connectivity index (χ0) is 21.0. The van der Waals surface area contributed by atoms with Crippen LogP contribution < -0.4 is 5.32 Å². The van der Waals surface area contributed by atoms with Crippen molar-refractivity contribution in [1.29, 1.82) is 0 Å². The van der Waals surface area contributed by atoms with Crippen LogP contribution in [0.25, 0.3) is 11.0 Å². The fourth-order valence-electron chi connectivity index (χ4n) is 3.24. The number of hydrogen-bond acceptors (Lipinski definition) is 5. The Balaban J connectivity index is 1.73. The predicted octanol–water partition coefficient (Wildman–Crippen LogP) is 2.91. The zero-order valence-corrected chi connectivity index (χ0v) is 18.5. The maximum atomic E-state index is 12.8. The van der Waals surface area contributed by atoms with Crippen LogP contribution in [-0.2, 0) is 34.8 Å². The molecule has 0 radical (unpaired) electrons. The number of carbonyl (C=O) groups is 1. The van der Waals surface area contributed by atoms with Crippen molar-refractivity contribution < 1.29 is 13.2 Å². The van der Waals surface area contributed by atoms with Gasteiger partial charge in [0.1, 0.15) is 5.82 Å². The van der Waals surface area contributed by atoms with Crippen molar-refractivity contribution in [2.75, 3.05) is 13.1 Å². The van der Waals surface area contributed by atoms with E-state index in [0.717, 1.165) is 16.2 Å². The summed E-state index contributed by atoms with van der Waals surface area (Å²) in [6.45, 7) is 5.02. The second-order valence-electron chi connectivity index (χ2n) is 6.68. The van der Waals surface area contributed by atoms with Gasteiger partial charge in [-0.1, -0.05) is 19.9 Å². The number of hydrogen-bond donors (Lipinski definition) is 1. The molecule has 1 aromatic carbocycles. The molecule has 0 aliphatic heterocycles. The molecular formula is C20H26N4O3S2. The van der Waals surface area contributed by atoms with Crippen molar-refractivity contribution in [1.82, 2.24) is 19.2 Å². The van der Waals surface area contributed by atoms with Crippen LogP contribution in [0.2, 0.25) is 0 Å². The van der Waals surface area contributed by atoms with Gasteiger partial charge in [-0.15, -0.1) is 11.3 Å². The number of benzene rings is 1. The SMILES string of the molecule is CCN(CC)S(=O)(=O)c1ccc2c(c1)nc(CCC(=O)NCc1cccs1)n2C. The smallest absolute Gasteiger partial charge is 0.243 e. The van der Waals surface area contributed by atoms with E-state index in [9.17, 15) is 13.2 Å². The Labute approximate surface area is 175 Å². The number of fused-ring (bicyclic) bond motifs is 1. The molecule has 0 saturated carbocycles. The van der Waals surface area contributed by atoms with Crippen LogP contribution in [0, 0.1) is 0 Å². The summed E-state index contributed by atoms with van der Waals surface area (Å²) >= 11 is 1.61. The quantitative estimate of drug-likeness (QED) is 0.561. The maximum Gasteiger partial charge on any atom is 0.243 e. The van der Waals surface area contributed by atoms with Crippen LogP contribution in [0.4, 0.5) is 0 Å². The van der Waals surface area contributed by atoms with Crippen molar-refractivity contribution in [3.8, 4) is 0 Å². The van der Waals surface area contributed by atoms with Gasteiger partial charge >= 0.3 is 0 Å². The van der Waals surface area contributed by atoms with Crippen molar-refractivity contribution in [3.63, 3.8) is 0 Å². The number of nitrogens with zero attached hydrogens (tertiary/aromatic N) is 3. The lowest BCUT2D eigenvalue weighted by molar-refractivity contribution is -0.121. The third kappa shape index (κ3) is 4.68. The number of aryl methyl sites for hydroxylation is 2. The summed E-state index contributed by atoms with van der Waals surface area (Å²) in [5.74, 6) is 0.721. The van der Waals surface area contributed by atoms with Crippen molar-refractivity contribution in [3.05, 3.63) is 46.4 Å². The normalized spacial score (nSPS) is 12.0. The molecule has 0 saturated heterocycles. The molecule has 3 aromatic rings. The summed E-state index contributed by atoms with van der Waals surface area (Å²) in [6.07, 6.45) is 0.812. The van der Waals surface area contributed by atoms with E-state index in [1.807, 2.05) is 43.0 Å². The Bertz CT molecular complexity index is 1080. The molecule has 0 unspecified atom stereocenters. The van der Waals surface area contributed by atoms with Crippen molar-refractivity contribution >= 4 is 38.3 Å². The van der Waals surface area contributed by atoms with E-state index in [4.69, 9.17) is 0 Å². The molecule has 0 spiro atoms. The van der Waals surface area contributed by atoms with E-state index < -0.39 is 10.0 Å². The summed E-state index contributed by atoms with van der Waals surface area (Å²) in [4.78, 5) is 18.1. The molecule has 0 aliphatic rings. The fraction of sp³-hybridized carbons (Fsp3) is 0.400. The third-order valence-corrected chi connectivity index (χ3v) is 7.83. The Morgan fingerprint density at radius 2 is 2.00 bits per heavy atom. The lowest BCUT2D eigenvalue weighted by atomic mass is 10.3. The van der Waals surface area contributed by atoms with Gasteiger partial charge in [0.05, 0.1) is 22.5 Å². The van der Waals surface area contributed by atoms with Gasteiger partial charge in [0.2, 0.25) is 15.9 Å². The molecule has 9 heteroatoms. The molecule has 0 aliphatic carbocycles. The molecular weight excluding hydrogens is 408 g/mol. The predicted molar refractivity (Wildman–Crippen MR) is 115 cm³/mol. The van der Waals surface area contributed by atoms with Crippen molar-refractivity contribution in [2.24, 2.45) is 7.05 Å². The van der Waals surface area contributed by atoms with Gasteiger partial charge in [0, 0.05) is 37.9 Å². The average molecular weight is 435 g/mol. The number of rotatable bonds is 9. The highest BCUT2D eigenvalue weighted by Gasteiger charge is 2.22. The van der Waals surface area contributed by atoms with E-state index in [2.05, 4.69) is 10.3 Å². The second-order valence-corrected chi connectivity index (χ2v) is 9.65. The van der Waals surface area contributed by atoms with Gasteiger partial charge in [-0.25, -0.2) is 13.4 Å². The topological polar surface area (TPSA) is 84.3 Å². The second kappa shape index (κ2) is 9.06. The van der Waals surface area contributed by atoms with Gasteiger partial charge in [0.25, 0.3) is 0 Å². The first kappa shape index (κ1) is 21.5. The van der Waals surface area contributed by atoms with Crippen LogP contribution in [0.1, 0.15) is 31.0 Å². The van der Waals surface area contributed by atoms with Gasteiger partial charge in [-0.05, 0) is 29.6 Å². The number of aromatic nitrogens is 2. The number of nitrogens with one attached hydrogen (secondary N) is 1. The average Bonchev–Trinajstić information content (AvgIpc) is 3.33. The molecule has 0 atom stereocenters. The van der Waals surface area contributed by atoms with E-state index in [1.54, 1.807) is 29.5 Å². The number of thiophene rings is 1. The third-order valence-electron chi connectivity index (χ3n) is 4.90. The molecule has 1 amide bonds. The van der Waals surface area contributed by atoms with E-state index in [-0.39, 0.29) is 10.8 Å². The van der Waals surface area contributed by atoms with Crippen molar-refractivity contribution in [2.45, 2.75) is 38.1 Å². The van der Waals surface area contributed by atoms with Gasteiger partial charge < -0.3 is 9.88 Å². The highest BCUT2D eigenvalue weighted by Crippen LogP contribution is 2.22. The monoisotopic (exact) mass is 434 g/mol. The molecule has 1 N–H and O–H groups in total. The lowest BCUT2D eigenvalue weighted by Gasteiger charge is -2.18. The minimum atomic E-state index is -3.53. The summed E-state index contributed by atoms with van der Waals surface area (Å²) < 4.78 is 28.8. The number of imidazole rings is 1. The molecule has 7 nitrogen and oxygen atoms in total. The summed E-state index contributed by atoms with van der Waals surface area (Å²) in [6, 6.07) is 8.96. The fourth-order valence-corrected chi connectivity index (χ4v) is 5.36. The van der Waals surface area contributed by atoms with E-state index in [1.165, 1.54) is 4.31 Å². The van der Waals surface area contributed by atoms with Crippen LogP contribution in [0.5, 0.6) is 0 Å². The first-order valence-electron chi connectivity index (χ1n) is 9.61. The highest BCUT2D eigenvalue weighted by molar-refractivity contribution is 7.89. The summed E-state index contributed by atoms with van der Waals surface area (Å²) in [7, 11) is -1.65.